The fraction of sp³-hybridized carbons (Fsp3) is 0.423. The van der Waals surface area contributed by atoms with Gasteiger partial charge in [0.2, 0.25) is 0 Å². The van der Waals surface area contributed by atoms with E-state index in [1.54, 1.807) is 12.1 Å². The van der Waals surface area contributed by atoms with Crippen LogP contribution >= 0.6 is 15.9 Å². The number of hydrogen-bond acceptors (Lipinski definition) is 3. The molecule has 2 aromatic rings. The first-order valence-electron chi connectivity index (χ1n) is 11.3. The van der Waals surface area contributed by atoms with Gasteiger partial charge in [0, 0.05) is 11.8 Å². The van der Waals surface area contributed by atoms with E-state index in [1.807, 2.05) is 13.0 Å². The molecular weight excluding hydrogens is 497 g/mol. The smallest absolute Gasteiger partial charge is 0.416 e. The third-order valence-electron chi connectivity index (χ3n) is 7.56. The first-order chi connectivity index (χ1) is 15.7. The van der Waals surface area contributed by atoms with Gasteiger partial charge in [-0.25, -0.2) is 0 Å². The van der Waals surface area contributed by atoms with Crippen molar-refractivity contribution in [3.63, 3.8) is 0 Å². The van der Waals surface area contributed by atoms with Gasteiger partial charge in [0.1, 0.15) is 17.3 Å². The van der Waals surface area contributed by atoms with Gasteiger partial charge in [-0.1, -0.05) is 13.0 Å². The number of aryl methyl sites for hydroxylation is 1. The van der Waals surface area contributed by atoms with E-state index in [0.717, 1.165) is 43.4 Å². The van der Waals surface area contributed by atoms with Crippen LogP contribution in [0.15, 0.2) is 46.6 Å². The lowest BCUT2D eigenvalue weighted by Crippen LogP contribution is -2.41. The maximum atomic E-state index is 13.5. The van der Waals surface area contributed by atoms with Crippen LogP contribution in [0.4, 0.5) is 13.2 Å². The predicted molar refractivity (Wildman–Crippen MR) is 122 cm³/mol. The van der Waals surface area contributed by atoms with Gasteiger partial charge in [-0.05, 0) is 101 Å². The first kappa shape index (κ1) is 22.5. The summed E-state index contributed by atoms with van der Waals surface area (Å²) < 4.78 is 45.0. The Balaban J connectivity index is 1.51. The Kier molecular flexibility index (Phi) is 5.58. The maximum Gasteiger partial charge on any atom is 0.416 e. The third-order valence-corrected chi connectivity index (χ3v) is 8.18. The molecule has 4 aliphatic rings. The molecule has 4 aliphatic carbocycles. The van der Waals surface area contributed by atoms with E-state index >= 15 is 0 Å². The second kappa shape index (κ2) is 8.19. The molecule has 0 amide bonds. The standard InChI is InChI=1S/C26H24BrF3O3/c1-2-13-7-9-17(33-20-10-8-16(11-19(20)27)26(28,29)30)12-18(13)23-24(31)21-14-3-4-15(6-5-14)22(21)25(23)32/h7-12,14-15,21-22,31H,2-6H2,1H3/t14-,15+,21?,22?. The van der Waals surface area contributed by atoms with Gasteiger partial charge in [0.05, 0.1) is 15.6 Å². The lowest BCUT2D eigenvalue weighted by atomic mass is 9.59. The number of rotatable bonds is 4. The summed E-state index contributed by atoms with van der Waals surface area (Å²) in [6.07, 6.45) is 0.434. The van der Waals surface area contributed by atoms with Crippen LogP contribution in [0.1, 0.15) is 49.3 Å². The van der Waals surface area contributed by atoms with Crippen LogP contribution < -0.4 is 4.74 Å². The average Bonchev–Trinajstić information content (AvgIpc) is 3.07. The molecule has 0 aromatic heterocycles. The van der Waals surface area contributed by atoms with Crippen molar-refractivity contribution >= 4 is 27.3 Å². The van der Waals surface area contributed by atoms with E-state index in [2.05, 4.69) is 15.9 Å². The molecule has 3 nitrogen and oxygen atoms in total. The molecule has 0 radical (unpaired) electrons. The van der Waals surface area contributed by atoms with Crippen molar-refractivity contribution in [1.82, 2.24) is 0 Å². The topological polar surface area (TPSA) is 46.5 Å². The average molecular weight is 521 g/mol. The van der Waals surface area contributed by atoms with Crippen molar-refractivity contribution in [2.75, 3.05) is 0 Å². The van der Waals surface area contributed by atoms with E-state index in [4.69, 9.17) is 4.74 Å². The highest BCUT2D eigenvalue weighted by atomic mass is 79.9. The first-order valence-corrected chi connectivity index (χ1v) is 12.1. The summed E-state index contributed by atoms with van der Waals surface area (Å²) in [6.45, 7) is 1.99. The summed E-state index contributed by atoms with van der Waals surface area (Å²) in [6, 6.07) is 8.53. The number of Topliss-reactive ketones (excluding diaryl/α,β-unsaturated/α-hetero) is 1. The number of alkyl halides is 3. The molecular formula is C26H24BrF3O3. The molecule has 0 aliphatic heterocycles. The summed E-state index contributed by atoms with van der Waals surface area (Å²) in [7, 11) is 0. The van der Waals surface area contributed by atoms with E-state index in [0.29, 0.717) is 35.1 Å². The van der Waals surface area contributed by atoms with Gasteiger partial charge in [-0.2, -0.15) is 13.2 Å². The number of hydrogen-bond donors (Lipinski definition) is 1. The molecule has 0 heterocycles. The number of ketones is 1. The highest BCUT2D eigenvalue weighted by Crippen LogP contribution is 2.57. The summed E-state index contributed by atoms with van der Waals surface area (Å²) >= 11 is 3.16. The molecule has 2 atom stereocenters. The fourth-order valence-corrected chi connectivity index (χ4v) is 6.46. The molecule has 3 fully saturated rings. The van der Waals surface area contributed by atoms with Gasteiger partial charge >= 0.3 is 6.18 Å². The van der Waals surface area contributed by atoms with Crippen molar-refractivity contribution in [3.05, 3.63) is 63.3 Å². The van der Waals surface area contributed by atoms with Crippen LogP contribution in [0, 0.1) is 23.7 Å². The summed E-state index contributed by atoms with van der Waals surface area (Å²) in [5, 5.41) is 11.2. The molecule has 3 saturated carbocycles. The zero-order valence-corrected chi connectivity index (χ0v) is 19.7. The van der Waals surface area contributed by atoms with Crippen LogP contribution in [0.3, 0.4) is 0 Å². The van der Waals surface area contributed by atoms with Crippen LogP contribution in [-0.4, -0.2) is 10.9 Å². The van der Waals surface area contributed by atoms with Gasteiger partial charge in [0.15, 0.2) is 5.78 Å². The monoisotopic (exact) mass is 520 g/mol. The highest BCUT2D eigenvalue weighted by molar-refractivity contribution is 9.10. The number of halogens is 4. The molecule has 1 N–H and O–H groups in total. The molecule has 0 saturated heterocycles. The van der Waals surface area contributed by atoms with Gasteiger partial charge in [-0.15, -0.1) is 0 Å². The minimum absolute atomic E-state index is 0.0226. The molecule has 2 aromatic carbocycles. The van der Waals surface area contributed by atoms with Gasteiger partial charge in [-0.3, -0.25) is 4.79 Å². The Morgan fingerprint density at radius 3 is 2.27 bits per heavy atom. The van der Waals surface area contributed by atoms with E-state index in [1.165, 1.54) is 6.07 Å². The van der Waals surface area contributed by atoms with Crippen molar-refractivity contribution in [1.29, 1.82) is 0 Å². The second-order valence-corrected chi connectivity index (χ2v) is 10.1. The van der Waals surface area contributed by atoms with Crippen LogP contribution in [0.2, 0.25) is 0 Å². The fourth-order valence-electron chi connectivity index (χ4n) is 6.00. The van der Waals surface area contributed by atoms with E-state index < -0.39 is 11.7 Å². The van der Waals surface area contributed by atoms with Crippen molar-refractivity contribution < 1.29 is 27.8 Å². The molecule has 2 unspecified atom stereocenters. The minimum atomic E-state index is -4.44. The molecule has 7 heteroatoms. The largest absolute Gasteiger partial charge is 0.511 e. The number of ether oxygens (including phenoxy) is 1. The normalized spacial score (nSPS) is 26.6. The maximum absolute atomic E-state index is 13.5. The van der Waals surface area contributed by atoms with E-state index in [-0.39, 0.29) is 33.6 Å². The molecule has 6 rings (SSSR count). The zero-order valence-electron chi connectivity index (χ0n) is 18.1. The Morgan fingerprint density at radius 2 is 1.70 bits per heavy atom. The van der Waals surface area contributed by atoms with Crippen molar-refractivity contribution in [2.24, 2.45) is 23.7 Å². The summed E-state index contributed by atoms with van der Waals surface area (Å²) in [5.41, 5.74) is 1.22. The van der Waals surface area contributed by atoms with Gasteiger partial charge < -0.3 is 9.84 Å². The number of fused-ring (bicyclic) bond motifs is 2. The lowest BCUT2D eigenvalue weighted by molar-refractivity contribution is -0.137. The number of aliphatic hydroxyl groups is 1. The lowest BCUT2D eigenvalue weighted by Gasteiger charge is -2.44. The van der Waals surface area contributed by atoms with Crippen LogP contribution in [-0.2, 0) is 17.4 Å². The predicted octanol–water partition coefficient (Wildman–Crippen LogP) is 7.73. The second-order valence-electron chi connectivity index (χ2n) is 9.27. The number of carbonyl (C=O) groups excluding carboxylic acids is 1. The number of aliphatic hydroxyl groups excluding tert-OH is 1. The SMILES string of the molecule is CCc1ccc(Oc2ccc(C(F)(F)F)cc2Br)cc1C1=C(O)C2C(C1=O)[C@H]1CC[C@@H]2CC1. The molecule has 33 heavy (non-hydrogen) atoms. The Labute approximate surface area is 198 Å². The number of benzene rings is 2. The minimum Gasteiger partial charge on any atom is -0.511 e. The summed E-state index contributed by atoms with van der Waals surface area (Å²) in [5.74, 6) is 1.34. The van der Waals surface area contributed by atoms with E-state index in [9.17, 15) is 23.1 Å². The molecule has 0 spiro atoms. The van der Waals surface area contributed by atoms with Crippen molar-refractivity contribution in [2.45, 2.75) is 45.2 Å². The van der Waals surface area contributed by atoms with Crippen LogP contribution in [0.25, 0.3) is 5.57 Å². The molecule has 2 bridgehead atoms. The van der Waals surface area contributed by atoms with Crippen molar-refractivity contribution in [3.8, 4) is 11.5 Å². The number of carbonyl (C=O) groups is 1. The third kappa shape index (κ3) is 3.78. The quantitative estimate of drug-likeness (QED) is 0.448. The number of allylic oxidation sites excluding steroid dienone is 2. The molecule has 174 valence electrons. The van der Waals surface area contributed by atoms with Gasteiger partial charge in [0.25, 0.3) is 0 Å². The Bertz CT molecular complexity index is 1150. The Morgan fingerprint density at radius 1 is 1.03 bits per heavy atom. The highest BCUT2D eigenvalue weighted by Gasteiger charge is 2.54. The summed E-state index contributed by atoms with van der Waals surface area (Å²) in [4.78, 5) is 13.5. The Hall–Kier alpha value is -2.28. The van der Waals surface area contributed by atoms with Crippen LogP contribution in [0.5, 0.6) is 11.5 Å². The zero-order chi connectivity index (χ0) is 23.5.